The van der Waals surface area contributed by atoms with Crippen LogP contribution in [0.3, 0.4) is 0 Å². The Hall–Kier alpha value is -2.93. The molecule has 8 heteroatoms. The minimum Gasteiger partial charge on any atom is -0.452 e. The van der Waals surface area contributed by atoms with Crippen LogP contribution in [0.15, 0.2) is 30.3 Å². The molecule has 0 atom stereocenters. The number of nitrogens with zero attached hydrogens (tertiary/aromatic N) is 1. The lowest BCUT2D eigenvalue weighted by atomic mass is 9.92. The molecule has 2 amide bonds. The second kappa shape index (κ2) is 8.18. The van der Waals surface area contributed by atoms with Crippen LogP contribution < -0.4 is 4.90 Å². The van der Waals surface area contributed by atoms with Gasteiger partial charge in [-0.3, -0.25) is 4.79 Å². The highest BCUT2D eigenvalue weighted by Crippen LogP contribution is 2.41. The number of carbonyl (C=O) groups is 3. The molecular formula is C19H17ClFNO5. The van der Waals surface area contributed by atoms with E-state index >= 15 is 0 Å². The van der Waals surface area contributed by atoms with Crippen molar-refractivity contribution < 1.29 is 28.2 Å². The smallest absolute Gasteiger partial charge is 0.423 e. The number of ether oxygens (including phenoxy) is 2. The molecule has 0 aliphatic rings. The van der Waals surface area contributed by atoms with Gasteiger partial charge in [-0.2, -0.15) is 4.90 Å². The van der Waals surface area contributed by atoms with E-state index in [-0.39, 0.29) is 33.2 Å². The summed E-state index contributed by atoms with van der Waals surface area (Å²) in [7, 11) is 2.18. The van der Waals surface area contributed by atoms with Gasteiger partial charge in [0.25, 0.3) is 0 Å². The summed E-state index contributed by atoms with van der Waals surface area (Å²) in [6.07, 6.45) is -2.08. The lowest BCUT2D eigenvalue weighted by Gasteiger charge is -2.25. The molecule has 2 aromatic rings. The van der Waals surface area contributed by atoms with Crippen LogP contribution in [0, 0.1) is 12.7 Å². The third kappa shape index (κ3) is 3.93. The van der Waals surface area contributed by atoms with Crippen LogP contribution in [0.5, 0.6) is 0 Å². The van der Waals surface area contributed by atoms with E-state index in [0.717, 1.165) is 14.2 Å². The number of imide groups is 1. The lowest BCUT2D eigenvalue weighted by molar-refractivity contribution is 0.101. The first-order valence-electron chi connectivity index (χ1n) is 7.78. The molecule has 0 bridgehead atoms. The van der Waals surface area contributed by atoms with E-state index in [1.54, 1.807) is 13.0 Å². The molecule has 0 saturated carbocycles. The molecule has 0 radical (unpaired) electrons. The highest BCUT2D eigenvalue weighted by molar-refractivity contribution is 6.33. The Bertz CT molecular complexity index is 913. The molecule has 0 unspecified atom stereocenters. The topological polar surface area (TPSA) is 72.9 Å². The van der Waals surface area contributed by atoms with E-state index in [1.807, 2.05) is 0 Å². The first-order chi connectivity index (χ1) is 12.7. The van der Waals surface area contributed by atoms with Crippen LogP contribution >= 0.6 is 11.6 Å². The molecule has 0 fully saturated rings. The molecule has 6 nitrogen and oxygen atoms in total. The maximum atomic E-state index is 13.8. The number of Topliss-reactive ketones (excluding diaryl/α,β-unsaturated/α-hetero) is 1. The van der Waals surface area contributed by atoms with Gasteiger partial charge < -0.3 is 9.47 Å². The summed E-state index contributed by atoms with van der Waals surface area (Å²) < 4.78 is 23.2. The zero-order chi connectivity index (χ0) is 20.3. The summed E-state index contributed by atoms with van der Waals surface area (Å²) in [4.78, 5) is 37.5. The molecule has 142 valence electrons. The fourth-order valence-corrected chi connectivity index (χ4v) is 2.87. The molecule has 0 spiro atoms. The van der Waals surface area contributed by atoms with E-state index in [1.165, 1.54) is 31.2 Å². The van der Waals surface area contributed by atoms with Crippen LogP contribution in [0.2, 0.25) is 5.02 Å². The van der Waals surface area contributed by atoms with Crippen LogP contribution in [0.4, 0.5) is 19.7 Å². The minimum absolute atomic E-state index is 0.0167. The largest absolute Gasteiger partial charge is 0.452 e. The SMILES string of the molecule is COC(=O)N(C(=O)OC)c1c(C)c(Cl)cc(C(C)=O)c1-c1cccc(F)c1. The molecular weight excluding hydrogens is 377 g/mol. The van der Waals surface area contributed by atoms with Gasteiger partial charge in [-0.25, -0.2) is 14.0 Å². The highest BCUT2D eigenvalue weighted by Gasteiger charge is 2.32. The van der Waals surface area contributed by atoms with E-state index in [0.29, 0.717) is 10.5 Å². The van der Waals surface area contributed by atoms with E-state index < -0.39 is 18.0 Å². The first-order valence-corrected chi connectivity index (χ1v) is 8.16. The molecule has 0 saturated heterocycles. The summed E-state index contributed by atoms with van der Waals surface area (Å²) in [6, 6.07) is 6.83. The van der Waals surface area contributed by atoms with Gasteiger partial charge in [-0.15, -0.1) is 0 Å². The van der Waals surface area contributed by atoms with Gasteiger partial charge in [0.1, 0.15) is 5.82 Å². The Labute approximate surface area is 160 Å². The average Bonchev–Trinajstić information content (AvgIpc) is 2.64. The standard InChI is InChI=1S/C19H17ClFNO5/c1-10-15(20)9-14(11(2)23)16(12-6-5-7-13(21)8-12)17(10)22(18(24)26-3)19(25)27-4/h5-9H,1-4H3. The third-order valence-electron chi connectivity index (χ3n) is 3.92. The number of hydrogen-bond acceptors (Lipinski definition) is 5. The van der Waals surface area contributed by atoms with Gasteiger partial charge in [0.2, 0.25) is 0 Å². The molecule has 27 heavy (non-hydrogen) atoms. The average molecular weight is 394 g/mol. The number of ketones is 1. The number of carbonyl (C=O) groups excluding carboxylic acids is 3. The predicted octanol–water partition coefficient (Wildman–Crippen LogP) is 5.00. The van der Waals surface area contributed by atoms with Gasteiger partial charge in [-0.1, -0.05) is 23.7 Å². The predicted molar refractivity (Wildman–Crippen MR) is 98.9 cm³/mol. The Balaban J connectivity index is 2.99. The number of anilines is 1. The Morgan fingerprint density at radius 1 is 1.07 bits per heavy atom. The summed E-state index contributed by atoms with van der Waals surface area (Å²) in [6.45, 7) is 2.86. The van der Waals surface area contributed by atoms with Crippen LogP contribution in [0.1, 0.15) is 22.8 Å². The fraction of sp³-hybridized carbons (Fsp3) is 0.211. The van der Waals surface area contributed by atoms with Crippen molar-refractivity contribution in [2.45, 2.75) is 13.8 Å². The highest BCUT2D eigenvalue weighted by atomic mass is 35.5. The van der Waals surface area contributed by atoms with Crippen LogP contribution in [0.25, 0.3) is 11.1 Å². The van der Waals surface area contributed by atoms with Gasteiger partial charge in [-0.05, 0) is 43.2 Å². The Morgan fingerprint density at radius 3 is 2.15 bits per heavy atom. The molecule has 0 aliphatic heterocycles. The first kappa shape index (κ1) is 20.4. The Kier molecular flexibility index (Phi) is 6.17. The van der Waals surface area contributed by atoms with Crippen molar-refractivity contribution in [3.63, 3.8) is 0 Å². The van der Waals surface area contributed by atoms with Crippen molar-refractivity contribution in [2.75, 3.05) is 19.1 Å². The maximum Gasteiger partial charge on any atom is 0.423 e. The van der Waals surface area contributed by atoms with Crippen molar-refractivity contribution in [3.05, 3.63) is 52.3 Å². The zero-order valence-corrected chi connectivity index (χ0v) is 15.9. The van der Waals surface area contributed by atoms with E-state index in [4.69, 9.17) is 11.6 Å². The second-order valence-electron chi connectivity index (χ2n) is 5.60. The number of methoxy groups -OCH3 is 2. The van der Waals surface area contributed by atoms with Crippen molar-refractivity contribution in [1.82, 2.24) is 0 Å². The number of benzene rings is 2. The maximum absolute atomic E-state index is 13.8. The fourth-order valence-electron chi connectivity index (χ4n) is 2.67. The molecule has 0 aromatic heterocycles. The van der Waals surface area contributed by atoms with Crippen molar-refractivity contribution in [1.29, 1.82) is 0 Å². The third-order valence-corrected chi connectivity index (χ3v) is 4.31. The lowest BCUT2D eigenvalue weighted by Crippen LogP contribution is -2.38. The normalized spacial score (nSPS) is 10.3. The minimum atomic E-state index is -1.04. The van der Waals surface area contributed by atoms with Crippen molar-refractivity contribution in [3.8, 4) is 11.1 Å². The van der Waals surface area contributed by atoms with E-state index in [2.05, 4.69) is 9.47 Å². The molecule has 2 rings (SSSR count). The summed E-state index contributed by atoms with van der Waals surface area (Å²) in [5.41, 5.74) is 0.866. The number of hydrogen-bond donors (Lipinski definition) is 0. The van der Waals surface area contributed by atoms with Crippen LogP contribution in [-0.4, -0.2) is 32.2 Å². The summed E-state index contributed by atoms with van der Waals surface area (Å²) >= 11 is 6.24. The van der Waals surface area contributed by atoms with Gasteiger partial charge in [0, 0.05) is 16.1 Å². The number of rotatable bonds is 3. The molecule has 0 heterocycles. The number of halogens is 2. The summed E-state index contributed by atoms with van der Waals surface area (Å²) in [5, 5.41) is 0.146. The van der Waals surface area contributed by atoms with Crippen LogP contribution in [-0.2, 0) is 9.47 Å². The molecule has 0 N–H and O–H groups in total. The molecule has 0 aliphatic carbocycles. The second-order valence-corrected chi connectivity index (χ2v) is 6.00. The van der Waals surface area contributed by atoms with Gasteiger partial charge in [0.05, 0.1) is 19.9 Å². The van der Waals surface area contributed by atoms with Crippen molar-refractivity contribution in [2.24, 2.45) is 0 Å². The van der Waals surface area contributed by atoms with Crippen molar-refractivity contribution >= 4 is 35.3 Å². The molecule has 2 aromatic carbocycles. The quantitative estimate of drug-likeness (QED) is 0.686. The Morgan fingerprint density at radius 2 is 1.67 bits per heavy atom. The van der Waals surface area contributed by atoms with E-state index in [9.17, 15) is 18.8 Å². The van der Waals surface area contributed by atoms with Gasteiger partial charge >= 0.3 is 12.2 Å². The number of amides is 2. The van der Waals surface area contributed by atoms with Gasteiger partial charge in [0.15, 0.2) is 5.78 Å². The monoisotopic (exact) mass is 393 g/mol. The zero-order valence-electron chi connectivity index (χ0n) is 15.1. The summed E-state index contributed by atoms with van der Waals surface area (Å²) in [5.74, 6) is -0.935.